The predicted octanol–water partition coefficient (Wildman–Crippen LogP) is 4.21. The van der Waals surface area contributed by atoms with E-state index < -0.39 is 0 Å². The molecule has 9 nitrogen and oxygen atoms in total. The highest BCUT2D eigenvalue weighted by molar-refractivity contribution is 7.99. The van der Waals surface area contributed by atoms with Crippen LogP contribution in [-0.4, -0.2) is 44.0 Å². The number of nitrogens with zero attached hydrogens (tertiary/aromatic N) is 4. The summed E-state index contributed by atoms with van der Waals surface area (Å²) >= 11 is 2.52. The van der Waals surface area contributed by atoms with Gasteiger partial charge in [0.05, 0.1) is 24.5 Å². The lowest BCUT2D eigenvalue weighted by molar-refractivity contribution is -0.142. The zero-order chi connectivity index (χ0) is 24.5. The number of benzene rings is 1. The third kappa shape index (κ3) is 7.16. The van der Waals surface area contributed by atoms with Gasteiger partial charge in [-0.1, -0.05) is 30.0 Å². The maximum Gasteiger partial charge on any atom is 0.311 e. The number of nitrogens with one attached hydrogen (secondary N) is 1. The Labute approximate surface area is 206 Å². The van der Waals surface area contributed by atoms with Crippen LogP contribution < -0.4 is 10.1 Å². The van der Waals surface area contributed by atoms with Crippen molar-refractivity contribution in [1.29, 1.82) is 0 Å². The number of aryl methyl sites for hydroxylation is 1. The van der Waals surface area contributed by atoms with Gasteiger partial charge in [-0.25, -0.2) is 4.98 Å². The van der Waals surface area contributed by atoms with Gasteiger partial charge in [0.15, 0.2) is 22.2 Å². The lowest BCUT2D eigenvalue weighted by Crippen LogP contribution is -2.15. The highest BCUT2D eigenvalue weighted by atomic mass is 32.2. The summed E-state index contributed by atoms with van der Waals surface area (Å²) in [5.41, 5.74) is 1.66. The fourth-order valence-electron chi connectivity index (χ4n) is 3.04. The van der Waals surface area contributed by atoms with E-state index in [1.807, 2.05) is 42.7 Å². The fraction of sp³-hybridized carbons (Fsp3) is 0.348. The number of aromatic nitrogens is 4. The zero-order valence-corrected chi connectivity index (χ0v) is 20.9. The van der Waals surface area contributed by atoms with E-state index in [1.165, 1.54) is 23.1 Å². The van der Waals surface area contributed by atoms with Crippen LogP contribution in [-0.2, 0) is 27.3 Å². The van der Waals surface area contributed by atoms with Crippen LogP contribution in [0.4, 0.5) is 5.13 Å². The van der Waals surface area contributed by atoms with Gasteiger partial charge in [0, 0.05) is 11.9 Å². The molecule has 0 saturated heterocycles. The first-order valence-corrected chi connectivity index (χ1v) is 12.6. The van der Waals surface area contributed by atoms with E-state index in [0.29, 0.717) is 35.0 Å². The molecule has 180 valence electrons. The summed E-state index contributed by atoms with van der Waals surface area (Å²) in [5, 5.41) is 14.0. The normalized spacial score (nSPS) is 11.6. The van der Waals surface area contributed by atoms with Crippen LogP contribution in [0.1, 0.15) is 37.0 Å². The summed E-state index contributed by atoms with van der Waals surface area (Å²) < 4.78 is 12.8. The fourth-order valence-corrected chi connectivity index (χ4v) is 4.53. The summed E-state index contributed by atoms with van der Waals surface area (Å²) in [6, 6.07) is 7.80. The van der Waals surface area contributed by atoms with E-state index in [2.05, 4.69) is 27.1 Å². The summed E-state index contributed by atoms with van der Waals surface area (Å²) in [5.74, 6) is 0.933. The highest BCUT2D eigenvalue weighted by Gasteiger charge is 2.20. The number of allylic oxidation sites excluding steroid dienone is 1. The van der Waals surface area contributed by atoms with Crippen molar-refractivity contribution in [3.05, 3.63) is 59.4 Å². The minimum atomic E-state index is -0.348. The van der Waals surface area contributed by atoms with Crippen LogP contribution in [0.15, 0.2) is 47.5 Å². The molecule has 3 aromatic rings. The van der Waals surface area contributed by atoms with Crippen LogP contribution >= 0.6 is 23.1 Å². The molecule has 0 radical (unpaired) electrons. The summed E-state index contributed by atoms with van der Waals surface area (Å²) in [6.07, 6.45) is 1.48. The quantitative estimate of drug-likeness (QED) is 0.223. The first-order chi connectivity index (χ1) is 16.4. The Balaban J connectivity index is 1.59. The molecule has 0 spiro atoms. The Hall–Kier alpha value is -3.18. The number of anilines is 1. The van der Waals surface area contributed by atoms with Gasteiger partial charge in [-0.2, -0.15) is 0 Å². The van der Waals surface area contributed by atoms with Crippen LogP contribution in [0.5, 0.6) is 5.75 Å². The second-order valence-electron chi connectivity index (χ2n) is 7.28. The third-order valence-corrected chi connectivity index (χ3v) is 6.26. The molecule has 3 rings (SSSR count). The topological polar surface area (TPSA) is 108 Å². The van der Waals surface area contributed by atoms with Gasteiger partial charge in [-0.05, 0) is 38.5 Å². The SMILES string of the molecule is C=CCn1c(SCC(=O)Nc2nc(CC(=O)OCC)cs2)nnc1C(C)Oc1cccc(C)c1. The van der Waals surface area contributed by atoms with Gasteiger partial charge in [-0.15, -0.1) is 28.1 Å². The number of esters is 1. The van der Waals surface area contributed by atoms with Gasteiger partial charge < -0.3 is 14.8 Å². The maximum atomic E-state index is 12.4. The molecule has 1 aromatic carbocycles. The molecule has 34 heavy (non-hydrogen) atoms. The first kappa shape index (κ1) is 25.4. The van der Waals surface area contributed by atoms with E-state index in [9.17, 15) is 9.59 Å². The summed E-state index contributed by atoms with van der Waals surface area (Å²) in [4.78, 5) is 28.3. The van der Waals surface area contributed by atoms with E-state index in [0.717, 1.165) is 11.3 Å². The number of thiazole rings is 1. The molecule has 11 heteroatoms. The molecular weight excluding hydrogens is 474 g/mol. The average molecular weight is 502 g/mol. The van der Waals surface area contributed by atoms with E-state index in [1.54, 1.807) is 18.4 Å². The standard InChI is InChI=1S/C23H27N5O4S2/c1-5-10-28-21(16(4)32-18-9-7-8-15(3)11-18)26-27-23(28)34-14-19(29)25-22-24-17(13-33-22)12-20(30)31-6-2/h5,7-9,11,13,16H,1,6,10,12,14H2,2-4H3,(H,24,25,29). The van der Waals surface area contributed by atoms with Crippen molar-refractivity contribution in [3.8, 4) is 5.75 Å². The molecule has 0 bridgehead atoms. The first-order valence-electron chi connectivity index (χ1n) is 10.7. The number of carbonyl (C=O) groups excluding carboxylic acids is 2. The van der Waals surface area contributed by atoms with Crippen molar-refractivity contribution < 1.29 is 19.1 Å². The maximum absolute atomic E-state index is 12.4. The van der Waals surface area contributed by atoms with Crippen molar-refractivity contribution >= 4 is 40.1 Å². The lowest BCUT2D eigenvalue weighted by atomic mass is 10.2. The monoisotopic (exact) mass is 501 g/mol. The molecule has 0 fully saturated rings. The van der Waals surface area contributed by atoms with Crippen molar-refractivity contribution in [2.45, 2.75) is 45.0 Å². The van der Waals surface area contributed by atoms with Gasteiger partial charge in [0.1, 0.15) is 5.75 Å². The molecule has 2 aromatic heterocycles. The van der Waals surface area contributed by atoms with Gasteiger partial charge in [0.2, 0.25) is 5.91 Å². The Kier molecular flexibility index (Phi) is 9.23. The predicted molar refractivity (Wildman–Crippen MR) is 132 cm³/mol. The Bertz CT molecular complexity index is 1140. The Morgan fingerprint density at radius 3 is 2.91 bits per heavy atom. The van der Waals surface area contributed by atoms with Crippen molar-refractivity contribution in [1.82, 2.24) is 19.7 Å². The number of amides is 1. The van der Waals surface area contributed by atoms with Crippen LogP contribution in [0.3, 0.4) is 0 Å². The molecule has 2 heterocycles. The van der Waals surface area contributed by atoms with E-state index >= 15 is 0 Å². The third-order valence-electron chi connectivity index (χ3n) is 4.48. The van der Waals surface area contributed by atoms with Crippen molar-refractivity contribution in [3.63, 3.8) is 0 Å². The highest BCUT2D eigenvalue weighted by Crippen LogP contribution is 2.25. The van der Waals surface area contributed by atoms with Gasteiger partial charge in [0.25, 0.3) is 0 Å². The van der Waals surface area contributed by atoms with Crippen molar-refractivity contribution in [2.24, 2.45) is 0 Å². The molecule has 1 unspecified atom stereocenters. The van der Waals surface area contributed by atoms with Crippen LogP contribution in [0.2, 0.25) is 0 Å². The van der Waals surface area contributed by atoms with Crippen LogP contribution in [0, 0.1) is 6.92 Å². The number of hydrogen-bond acceptors (Lipinski definition) is 9. The molecule has 0 aliphatic heterocycles. The number of rotatable bonds is 12. The molecule has 1 amide bonds. The summed E-state index contributed by atoms with van der Waals surface area (Å²) in [7, 11) is 0. The molecule has 0 aliphatic rings. The zero-order valence-electron chi connectivity index (χ0n) is 19.3. The van der Waals surface area contributed by atoms with Gasteiger partial charge >= 0.3 is 5.97 Å². The Morgan fingerprint density at radius 1 is 1.35 bits per heavy atom. The molecule has 0 saturated carbocycles. The summed E-state index contributed by atoms with van der Waals surface area (Å²) in [6.45, 7) is 10.3. The lowest BCUT2D eigenvalue weighted by Gasteiger charge is -2.16. The number of ether oxygens (including phenoxy) is 2. The van der Waals surface area contributed by atoms with Gasteiger partial charge in [-0.3, -0.25) is 14.2 Å². The molecular formula is C23H27N5O4S2. The van der Waals surface area contributed by atoms with E-state index in [4.69, 9.17) is 9.47 Å². The minimum absolute atomic E-state index is 0.0746. The van der Waals surface area contributed by atoms with Crippen LogP contribution in [0.25, 0.3) is 0 Å². The smallest absolute Gasteiger partial charge is 0.311 e. The molecule has 1 atom stereocenters. The number of thioether (sulfide) groups is 1. The second kappa shape index (κ2) is 12.3. The van der Waals surface area contributed by atoms with E-state index in [-0.39, 0.29) is 30.2 Å². The van der Waals surface area contributed by atoms with Crippen molar-refractivity contribution in [2.75, 3.05) is 17.7 Å². The number of carbonyl (C=O) groups is 2. The largest absolute Gasteiger partial charge is 0.483 e. The molecule has 0 aliphatic carbocycles. The Morgan fingerprint density at radius 2 is 2.18 bits per heavy atom. The molecule has 1 N–H and O–H groups in total. The average Bonchev–Trinajstić information content (AvgIpc) is 3.39. The number of hydrogen-bond donors (Lipinski definition) is 1. The second-order valence-corrected chi connectivity index (χ2v) is 9.08. The minimum Gasteiger partial charge on any atom is -0.483 e.